The van der Waals surface area contributed by atoms with E-state index in [0.29, 0.717) is 18.2 Å². The lowest BCUT2D eigenvalue weighted by Gasteiger charge is -2.13. The van der Waals surface area contributed by atoms with E-state index in [-0.39, 0.29) is 0 Å². The van der Waals surface area contributed by atoms with Crippen LogP contribution in [0.2, 0.25) is 5.02 Å². The highest BCUT2D eigenvalue weighted by Crippen LogP contribution is 2.29. The highest BCUT2D eigenvalue weighted by atomic mass is 79.9. The number of rotatable bonds is 6. The van der Waals surface area contributed by atoms with Crippen LogP contribution in [0.4, 0.5) is 5.69 Å². The first-order chi connectivity index (χ1) is 10.1. The Bertz CT molecular complexity index is 619. The fourth-order valence-electron chi connectivity index (χ4n) is 1.93. The summed E-state index contributed by atoms with van der Waals surface area (Å²) in [4.78, 5) is 0. The molecular weight excluding hydrogens is 354 g/mol. The molecule has 1 N–H and O–H groups in total. The SMILES string of the molecule is CCOc1cc(CNc2cc(Br)ccc2Cl)ccc1OC. The van der Waals surface area contributed by atoms with Gasteiger partial charge in [-0.25, -0.2) is 0 Å². The molecule has 21 heavy (non-hydrogen) atoms. The van der Waals surface area contributed by atoms with Gasteiger partial charge in [-0.1, -0.05) is 33.6 Å². The Morgan fingerprint density at radius 1 is 1.14 bits per heavy atom. The van der Waals surface area contributed by atoms with Crippen LogP contribution in [-0.2, 0) is 6.54 Å². The maximum absolute atomic E-state index is 6.16. The van der Waals surface area contributed by atoms with Gasteiger partial charge in [-0.2, -0.15) is 0 Å². The second kappa shape index (κ2) is 7.57. The largest absolute Gasteiger partial charge is 0.493 e. The zero-order chi connectivity index (χ0) is 15.2. The van der Waals surface area contributed by atoms with E-state index in [1.54, 1.807) is 7.11 Å². The molecule has 0 aromatic heterocycles. The summed E-state index contributed by atoms with van der Waals surface area (Å²) in [5, 5.41) is 4.01. The Kier molecular flexibility index (Phi) is 5.76. The number of methoxy groups -OCH3 is 1. The van der Waals surface area contributed by atoms with Crippen molar-refractivity contribution in [1.82, 2.24) is 0 Å². The Morgan fingerprint density at radius 2 is 1.95 bits per heavy atom. The highest BCUT2D eigenvalue weighted by Gasteiger charge is 2.06. The molecule has 0 atom stereocenters. The lowest BCUT2D eigenvalue weighted by atomic mass is 10.2. The van der Waals surface area contributed by atoms with E-state index in [1.165, 1.54) is 0 Å². The Labute approximate surface area is 138 Å². The second-order valence-corrected chi connectivity index (χ2v) is 5.72. The maximum atomic E-state index is 6.16. The summed E-state index contributed by atoms with van der Waals surface area (Å²) in [6.45, 7) is 3.20. The fraction of sp³-hybridized carbons (Fsp3) is 0.250. The van der Waals surface area contributed by atoms with Gasteiger partial charge in [0.05, 0.1) is 24.4 Å². The third-order valence-corrected chi connectivity index (χ3v) is 3.76. The van der Waals surface area contributed by atoms with Gasteiger partial charge in [-0.05, 0) is 42.8 Å². The van der Waals surface area contributed by atoms with E-state index in [2.05, 4.69) is 21.2 Å². The van der Waals surface area contributed by atoms with Crippen molar-refractivity contribution in [3.05, 3.63) is 51.5 Å². The minimum Gasteiger partial charge on any atom is -0.493 e. The van der Waals surface area contributed by atoms with Crippen molar-refractivity contribution >= 4 is 33.2 Å². The Balaban J connectivity index is 2.12. The van der Waals surface area contributed by atoms with Crippen LogP contribution in [-0.4, -0.2) is 13.7 Å². The zero-order valence-corrected chi connectivity index (χ0v) is 14.3. The van der Waals surface area contributed by atoms with Crippen LogP contribution in [0.1, 0.15) is 12.5 Å². The Morgan fingerprint density at radius 3 is 2.67 bits per heavy atom. The summed E-state index contributed by atoms with van der Waals surface area (Å²) in [7, 11) is 1.64. The van der Waals surface area contributed by atoms with Gasteiger partial charge in [0.15, 0.2) is 11.5 Å². The lowest BCUT2D eigenvalue weighted by molar-refractivity contribution is 0.310. The topological polar surface area (TPSA) is 30.5 Å². The summed E-state index contributed by atoms with van der Waals surface area (Å²) < 4.78 is 11.8. The standard InChI is InChI=1S/C16H17BrClNO2/c1-3-21-16-8-11(4-7-15(16)20-2)10-19-14-9-12(17)5-6-13(14)18/h4-9,19H,3,10H2,1-2H3. The van der Waals surface area contributed by atoms with Crippen LogP contribution in [0.15, 0.2) is 40.9 Å². The molecule has 0 amide bonds. The number of ether oxygens (including phenoxy) is 2. The van der Waals surface area contributed by atoms with Gasteiger partial charge < -0.3 is 14.8 Å². The average Bonchev–Trinajstić information content (AvgIpc) is 2.49. The summed E-state index contributed by atoms with van der Waals surface area (Å²) >= 11 is 9.60. The summed E-state index contributed by atoms with van der Waals surface area (Å²) in [6, 6.07) is 11.6. The zero-order valence-electron chi connectivity index (χ0n) is 12.0. The van der Waals surface area contributed by atoms with Gasteiger partial charge in [0.1, 0.15) is 0 Å². The molecule has 0 spiro atoms. The number of hydrogen-bond donors (Lipinski definition) is 1. The first kappa shape index (κ1) is 16.0. The van der Waals surface area contributed by atoms with Crippen LogP contribution in [0.5, 0.6) is 11.5 Å². The molecule has 0 saturated heterocycles. The minimum atomic E-state index is 0.602. The fourth-order valence-corrected chi connectivity index (χ4v) is 2.48. The van der Waals surface area contributed by atoms with Crippen molar-refractivity contribution in [3.8, 4) is 11.5 Å². The van der Waals surface area contributed by atoms with Gasteiger partial charge in [0.2, 0.25) is 0 Å². The van der Waals surface area contributed by atoms with Crippen LogP contribution in [0.3, 0.4) is 0 Å². The molecule has 0 aliphatic heterocycles. The highest BCUT2D eigenvalue weighted by molar-refractivity contribution is 9.10. The van der Waals surface area contributed by atoms with E-state index in [4.69, 9.17) is 21.1 Å². The predicted octanol–water partition coefficient (Wildman–Crippen LogP) is 5.12. The molecule has 2 aromatic carbocycles. The number of benzene rings is 2. The molecule has 0 unspecified atom stereocenters. The van der Waals surface area contributed by atoms with Gasteiger partial charge in [0.25, 0.3) is 0 Å². The molecular formula is C16H17BrClNO2. The maximum Gasteiger partial charge on any atom is 0.161 e. The Hall–Kier alpha value is -1.39. The number of nitrogens with one attached hydrogen (secondary N) is 1. The van der Waals surface area contributed by atoms with E-state index >= 15 is 0 Å². The molecule has 5 heteroatoms. The first-order valence-corrected chi connectivity index (χ1v) is 7.79. The van der Waals surface area contributed by atoms with Crippen molar-refractivity contribution in [1.29, 1.82) is 0 Å². The summed E-state index contributed by atoms with van der Waals surface area (Å²) in [5.41, 5.74) is 1.98. The molecule has 3 nitrogen and oxygen atoms in total. The van der Waals surface area contributed by atoms with E-state index in [0.717, 1.165) is 27.2 Å². The summed E-state index contributed by atoms with van der Waals surface area (Å²) in [5.74, 6) is 1.49. The summed E-state index contributed by atoms with van der Waals surface area (Å²) in [6.07, 6.45) is 0. The van der Waals surface area contributed by atoms with Gasteiger partial charge in [0, 0.05) is 11.0 Å². The molecule has 2 aromatic rings. The van der Waals surface area contributed by atoms with Crippen molar-refractivity contribution in [2.24, 2.45) is 0 Å². The van der Waals surface area contributed by atoms with Gasteiger partial charge >= 0.3 is 0 Å². The average molecular weight is 371 g/mol. The second-order valence-electron chi connectivity index (χ2n) is 4.40. The monoisotopic (exact) mass is 369 g/mol. The van der Waals surface area contributed by atoms with Crippen LogP contribution < -0.4 is 14.8 Å². The lowest BCUT2D eigenvalue weighted by Crippen LogP contribution is -2.02. The molecule has 0 heterocycles. The van der Waals surface area contributed by atoms with Gasteiger partial charge in [-0.15, -0.1) is 0 Å². The predicted molar refractivity (Wildman–Crippen MR) is 90.6 cm³/mol. The number of anilines is 1. The van der Waals surface area contributed by atoms with Crippen molar-refractivity contribution < 1.29 is 9.47 Å². The quantitative estimate of drug-likeness (QED) is 0.765. The van der Waals surface area contributed by atoms with Gasteiger partial charge in [-0.3, -0.25) is 0 Å². The van der Waals surface area contributed by atoms with Crippen LogP contribution >= 0.6 is 27.5 Å². The molecule has 112 valence electrons. The smallest absolute Gasteiger partial charge is 0.161 e. The van der Waals surface area contributed by atoms with Crippen molar-refractivity contribution in [2.45, 2.75) is 13.5 Å². The minimum absolute atomic E-state index is 0.602. The van der Waals surface area contributed by atoms with Crippen LogP contribution in [0.25, 0.3) is 0 Å². The van der Waals surface area contributed by atoms with Crippen molar-refractivity contribution in [3.63, 3.8) is 0 Å². The number of hydrogen-bond acceptors (Lipinski definition) is 3. The molecule has 0 bridgehead atoms. The van der Waals surface area contributed by atoms with Crippen molar-refractivity contribution in [2.75, 3.05) is 19.0 Å². The number of halogens is 2. The molecule has 0 aliphatic rings. The van der Waals surface area contributed by atoms with E-state index in [1.807, 2.05) is 43.3 Å². The molecule has 2 rings (SSSR count). The molecule has 0 aliphatic carbocycles. The van der Waals surface area contributed by atoms with E-state index in [9.17, 15) is 0 Å². The molecule has 0 radical (unpaired) electrons. The normalized spacial score (nSPS) is 10.3. The molecule has 0 fully saturated rings. The third-order valence-electron chi connectivity index (χ3n) is 2.94. The first-order valence-electron chi connectivity index (χ1n) is 6.62. The third kappa shape index (κ3) is 4.29. The van der Waals surface area contributed by atoms with Crippen LogP contribution in [0, 0.1) is 0 Å². The van der Waals surface area contributed by atoms with E-state index < -0.39 is 0 Å². The molecule has 0 saturated carbocycles.